The van der Waals surface area contributed by atoms with E-state index in [0.717, 1.165) is 33.2 Å². The molecule has 1 heterocycles. The first kappa shape index (κ1) is 21.4. The van der Waals surface area contributed by atoms with Crippen LogP contribution in [0.4, 0.5) is 5.69 Å². The second-order valence-corrected chi connectivity index (χ2v) is 11.4. The zero-order valence-corrected chi connectivity index (χ0v) is 18.0. The SMILES string of the molecule is CS(=O)(=O)SCCNCCCC(=O)N1Cc2ccccc2C#Cc2ccccc21. The lowest BCUT2D eigenvalue weighted by Gasteiger charge is -2.26. The van der Waals surface area contributed by atoms with E-state index in [1.165, 1.54) is 6.26 Å². The fraction of sp³-hybridized carbons (Fsp3) is 0.318. The highest BCUT2D eigenvalue weighted by atomic mass is 33.1. The maximum absolute atomic E-state index is 13.0. The van der Waals surface area contributed by atoms with Gasteiger partial charge in [-0.1, -0.05) is 42.2 Å². The zero-order chi connectivity index (χ0) is 20.7. The third-order valence-electron chi connectivity index (χ3n) is 4.49. The van der Waals surface area contributed by atoms with Crippen LogP contribution in [0.15, 0.2) is 48.5 Å². The maximum atomic E-state index is 13.0. The highest BCUT2D eigenvalue weighted by Gasteiger charge is 2.20. The minimum atomic E-state index is -3.00. The van der Waals surface area contributed by atoms with Crippen molar-refractivity contribution in [1.82, 2.24) is 5.32 Å². The molecule has 7 heteroatoms. The molecule has 0 spiro atoms. The third-order valence-corrected chi connectivity index (χ3v) is 7.08. The summed E-state index contributed by atoms with van der Waals surface area (Å²) in [5.74, 6) is 6.98. The number of benzene rings is 2. The fourth-order valence-corrected chi connectivity index (χ4v) is 4.79. The van der Waals surface area contributed by atoms with Crippen LogP contribution in [0.5, 0.6) is 0 Å². The second-order valence-electron chi connectivity index (χ2n) is 6.78. The molecular formula is C22H24N2O3S2. The van der Waals surface area contributed by atoms with Crippen molar-refractivity contribution in [3.63, 3.8) is 0 Å². The van der Waals surface area contributed by atoms with Gasteiger partial charge in [-0.25, -0.2) is 8.42 Å². The van der Waals surface area contributed by atoms with Crippen LogP contribution in [0, 0.1) is 11.8 Å². The lowest BCUT2D eigenvalue weighted by Crippen LogP contribution is -2.32. The van der Waals surface area contributed by atoms with Crippen LogP contribution in [0.3, 0.4) is 0 Å². The van der Waals surface area contributed by atoms with E-state index < -0.39 is 8.87 Å². The van der Waals surface area contributed by atoms with Crippen molar-refractivity contribution in [1.29, 1.82) is 0 Å². The van der Waals surface area contributed by atoms with E-state index in [4.69, 9.17) is 0 Å². The highest BCUT2D eigenvalue weighted by molar-refractivity contribution is 8.71. The van der Waals surface area contributed by atoms with Gasteiger partial charge in [0.15, 0.2) is 8.87 Å². The average Bonchev–Trinajstić information content (AvgIpc) is 2.68. The number of carbonyl (C=O) groups is 1. The fourth-order valence-electron chi connectivity index (χ4n) is 3.10. The molecule has 3 rings (SSSR count). The summed E-state index contributed by atoms with van der Waals surface area (Å²) < 4.78 is 22.2. The van der Waals surface area contributed by atoms with Crippen LogP contribution in [0.1, 0.15) is 29.5 Å². The normalized spacial score (nSPS) is 12.8. The molecule has 1 aliphatic heterocycles. The Hall–Kier alpha value is -2.27. The predicted molar refractivity (Wildman–Crippen MR) is 119 cm³/mol. The molecule has 5 nitrogen and oxygen atoms in total. The van der Waals surface area contributed by atoms with Crippen molar-refractivity contribution in [3.8, 4) is 11.8 Å². The van der Waals surface area contributed by atoms with Crippen LogP contribution in [-0.4, -0.2) is 39.4 Å². The first-order valence-electron chi connectivity index (χ1n) is 9.48. The summed E-state index contributed by atoms with van der Waals surface area (Å²) in [6.45, 7) is 1.77. The molecule has 0 unspecified atom stereocenters. The standard InChI is InChI=1S/C22H24N2O3S2/c1-29(26,27)28-16-15-23-14-6-11-22(25)24-17-20-9-3-2-7-18(20)12-13-19-8-4-5-10-21(19)24/h2-5,7-10,23H,6,11,14-17H2,1H3. The molecule has 1 amide bonds. The monoisotopic (exact) mass is 428 g/mol. The minimum Gasteiger partial charge on any atom is -0.316 e. The number of anilines is 1. The van der Waals surface area contributed by atoms with Crippen molar-refractivity contribution in [2.24, 2.45) is 0 Å². The van der Waals surface area contributed by atoms with Crippen LogP contribution in [0.25, 0.3) is 0 Å². The molecule has 0 radical (unpaired) electrons. The molecule has 0 aromatic heterocycles. The lowest BCUT2D eigenvalue weighted by molar-refractivity contribution is -0.118. The number of hydrogen-bond acceptors (Lipinski definition) is 5. The number of nitrogens with one attached hydrogen (secondary N) is 1. The van der Waals surface area contributed by atoms with E-state index in [-0.39, 0.29) is 5.91 Å². The number of carbonyl (C=O) groups excluding carboxylic acids is 1. The summed E-state index contributed by atoms with van der Waals surface area (Å²) in [7, 11) is -2.07. The quantitative estimate of drug-likeness (QED) is 0.398. The molecule has 2 aromatic rings. The smallest absolute Gasteiger partial charge is 0.227 e. The molecule has 152 valence electrons. The first-order valence-corrected chi connectivity index (χ1v) is 12.9. The van der Waals surface area contributed by atoms with E-state index in [9.17, 15) is 13.2 Å². The summed E-state index contributed by atoms with van der Waals surface area (Å²) in [6.07, 6.45) is 2.31. The first-order chi connectivity index (χ1) is 13.9. The van der Waals surface area contributed by atoms with Gasteiger partial charge in [0, 0.05) is 36.1 Å². The Kier molecular flexibility index (Phi) is 7.37. The Morgan fingerprint density at radius 2 is 1.76 bits per heavy atom. The summed E-state index contributed by atoms with van der Waals surface area (Å²) in [4.78, 5) is 14.8. The van der Waals surface area contributed by atoms with Crippen LogP contribution >= 0.6 is 10.8 Å². The average molecular weight is 429 g/mol. The summed E-state index contributed by atoms with van der Waals surface area (Å²) in [6, 6.07) is 15.7. The van der Waals surface area contributed by atoms with Crippen LogP contribution < -0.4 is 10.2 Å². The molecule has 1 N–H and O–H groups in total. The van der Waals surface area contributed by atoms with E-state index in [2.05, 4.69) is 17.2 Å². The van der Waals surface area contributed by atoms with Crippen molar-refractivity contribution in [2.75, 3.05) is 30.0 Å². The molecule has 0 saturated carbocycles. The van der Waals surface area contributed by atoms with Crippen molar-refractivity contribution in [3.05, 3.63) is 65.2 Å². The Morgan fingerprint density at radius 3 is 2.55 bits per heavy atom. The van der Waals surface area contributed by atoms with Crippen molar-refractivity contribution >= 4 is 31.3 Å². The maximum Gasteiger partial charge on any atom is 0.227 e. The Bertz CT molecular complexity index is 1040. The van der Waals surface area contributed by atoms with Crippen molar-refractivity contribution in [2.45, 2.75) is 19.4 Å². The number of rotatable bonds is 8. The molecule has 0 atom stereocenters. The number of fused-ring (bicyclic) bond motifs is 2. The number of para-hydroxylation sites is 1. The molecule has 0 aliphatic carbocycles. The van der Waals surface area contributed by atoms with Gasteiger partial charge in [0.05, 0.1) is 12.2 Å². The minimum absolute atomic E-state index is 0.0586. The van der Waals surface area contributed by atoms with Crippen LogP contribution in [0.2, 0.25) is 0 Å². The third kappa shape index (κ3) is 6.36. The predicted octanol–water partition coefficient (Wildman–Crippen LogP) is 3.00. The molecule has 0 bridgehead atoms. The van der Waals surface area contributed by atoms with E-state index in [1.807, 2.05) is 53.4 Å². The van der Waals surface area contributed by atoms with Gasteiger partial charge in [-0.05, 0) is 47.5 Å². The molecular weight excluding hydrogens is 404 g/mol. The van der Waals surface area contributed by atoms with Gasteiger partial charge in [-0.2, -0.15) is 0 Å². The molecule has 0 fully saturated rings. The number of hydrogen-bond donors (Lipinski definition) is 1. The van der Waals surface area contributed by atoms with Gasteiger partial charge in [-0.3, -0.25) is 4.79 Å². The second kappa shape index (κ2) is 9.97. The summed E-state index contributed by atoms with van der Waals surface area (Å²) in [5, 5.41) is 3.20. The summed E-state index contributed by atoms with van der Waals surface area (Å²) in [5.41, 5.74) is 3.69. The molecule has 29 heavy (non-hydrogen) atoms. The largest absolute Gasteiger partial charge is 0.316 e. The number of amides is 1. The van der Waals surface area contributed by atoms with E-state index in [0.29, 0.717) is 38.2 Å². The van der Waals surface area contributed by atoms with Gasteiger partial charge < -0.3 is 10.2 Å². The van der Waals surface area contributed by atoms with E-state index in [1.54, 1.807) is 0 Å². The topological polar surface area (TPSA) is 66.5 Å². The van der Waals surface area contributed by atoms with Crippen LogP contribution in [-0.2, 0) is 20.2 Å². The molecule has 2 aromatic carbocycles. The van der Waals surface area contributed by atoms with Crippen molar-refractivity contribution < 1.29 is 13.2 Å². The van der Waals surface area contributed by atoms with Gasteiger partial charge in [-0.15, -0.1) is 0 Å². The Morgan fingerprint density at radius 1 is 1.07 bits per heavy atom. The molecule has 1 aliphatic rings. The van der Waals surface area contributed by atoms with Gasteiger partial charge in [0.2, 0.25) is 5.91 Å². The highest BCUT2D eigenvalue weighted by Crippen LogP contribution is 2.26. The van der Waals surface area contributed by atoms with E-state index >= 15 is 0 Å². The van der Waals surface area contributed by atoms with Gasteiger partial charge in [0.1, 0.15) is 0 Å². The van der Waals surface area contributed by atoms with Gasteiger partial charge >= 0.3 is 0 Å². The Labute approximate surface area is 176 Å². The molecule has 0 saturated heterocycles. The summed E-state index contributed by atoms with van der Waals surface area (Å²) >= 11 is 0. The van der Waals surface area contributed by atoms with Gasteiger partial charge in [0.25, 0.3) is 0 Å². The zero-order valence-electron chi connectivity index (χ0n) is 16.3. The Balaban J connectivity index is 1.62. The lowest BCUT2D eigenvalue weighted by atomic mass is 10.0. The number of nitrogens with zero attached hydrogens (tertiary/aromatic N) is 1.